The molecule has 0 aromatic rings. The summed E-state index contributed by atoms with van der Waals surface area (Å²) in [6.07, 6.45) is -6.34. The van der Waals surface area contributed by atoms with Crippen molar-refractivity contribution in [2.24, 2.45) is 29.0 Å². The molecule has 1 heterocycles. The normalized spacial score (nSPS) is 51.0. The molecule has 3 aliphatic rings. The Hall–Kier alpha value is -1.62. The van der Waals surface area contributed by atoms with Crippen LogP contribution in [0.1, 0.15) is 86.7 Å². The minimum absolute atomic E-state index is 0.00490. The zero-order chi connectivity index (χ0) is 30.8. The summed E-state index contributed by atoms with van der Waals surface area (Å²) in [6, 6.07) is -1.58. The van der Waals surface area contributed by atoms with Crippen LogP contribution in [0, 0.1) is 29.0 Å². The fourth-order valence-electron chi connectivity index (χ4n) is 4.12. The minimum atomic E-state index is -2.81. The molecule has 0 aromatic heterocycles. The quantitative estimate of drug-likeness (QED) is 0.627. The molecule has 0 aromatic carbocycles. The van der Waals surface area contributed by atoms with Crippen molar-refractivity contribution in [2.45, 2.75) is 91.3 Å². The van der Waals surface area contributed by atoms with Crippen LogP contribution in [0.15, 0.2) is 23.7 Å². The van der Waals surface area contributed by atoms with Gasteiger partial charge in [0.2, 0.25) is 0 Å². The Morgan fingerprint density at radius 2 is 2.27 bits per heavy atom. The molecule has 30 heavy (non-hydrogen) atoms. The second kappa shape index (κ2) is 9.25. The summed E-state index contributed by atoms with van der Waals surface area (Å²) < 4.78 is 96.3. The number of carbonyl (C=O) groups is 2. The van der Waals surface area contributed by atoms with Crippen LogP contribution >= 0.6 is 0 Å². The summed E-state index contributed by atoms with van der Waals surface area (Å²) in [6.45, 7) is 2.32. The molecule has 5 nitrogen and oxygen atoms in total. The van der Waals surface area contributed by atoms with Crippen LogP contribution in [0.2, 0.25) is 0 Å². The van der Waals surface area contributed by atoms with E-state index in [0.29, 0.717) is 0 Å². The van der Waals surface area contributed by atoms with Crippen molar-refractivity contribution in [3.63, 3.8) is 0 Å². The largest absolute Gasteiger partial charge is 0.462 e. The van der Waals surface area contributed by atoms with Gasteiger partial charge in [-0.2, -0.15) is 0 Å². The average Bonchev–Trinajstić information content (AvgIpc) is 2.82. The molecule has 3 rings (SSSR count). The fraction of sp³-hybridized carbons (Fsp3) is 0.760. The summed E-state index contributed by atoms with van der Waals surface area (Å²) in [7, 11) is 0. The summed E-state index contributed by atoms with van der Waals surface area (Å²) in [5.41, 5.74) is -2.22. The SMILES string of the molecule is [2H]C1=C([2H])[C@]([2H])(C)[C@H](CCC2C[C@@H](O)CC(=O)O2)[C@@H]2C1=C([2H])[C@]([2H])(C)C([2H])([2H])C2OC(=O)C(C)(CC)C([2H])([2H])[2H]. The lowest BCUT2D eigenvalue weighted by Crippen LogP contribution is -2.43. The van der Waals surface area contributed by atoms with Crippen molar-refractivity contribution in [2.75, 3.05) is 0 Å². The molecule has 0 spiro atoms. The second-order valence-electron chi connectivity index (χ2n) is 8.67. The van der Waals surface area contributed by atoms with Gasteiger partial charge in [0.05, 0.1) is 22.1 Å². The highest BCUT2D eigenvalue weighted by Crippen LogP contribution is 2.45. The highest BCUT2D eigenvalue weighted by molar-refractivity contribution is 5.76. The number of rotatable bonds is 6. The van der Waals surface area contributed by atoms with E-state index >= 15 is 0 Å². The summed E-state index contributed by atoms with van der Waals surface area (Å²) in [4.78, 5) is 25.3. The third-order valence-corrected chi connectivity index (χ3v) is 6.15. The predicted molar refractivity (Wildman–Crippen MR) is 115 cm³/mol. The molecule has 0 bridgehead atoms. The Morgan fingerprint density at radius 3 is 2.93 bits per heavy atom. The van der Waals surface area contributed by atoms with Gasteiger partial charge in [-0.1, -0.05) is 38.9 Å². The van der Waals surface area contributed by atoms with Gasteiger partial charge in [0.25, 0.3) is 0 Å². The smallest absolute Gasteiger partial charge is 0.311 e. The number of hydrogen-bond donors (Lipinski definition) is 1. The predicted octanol–water partition coefficient (Wildman–Crippen LogP) is 4.59. The molecule has 2 aliphatic carbocycles. The van der Waals surface area contributed by atoms with Gasteiger partial charge in [-0.25, -0.2) is 0 Å². The molecule has 1 saturated heterocycles. The van der Waals surface area contributed by atoms with Gasteiger partial charge in [-0.15, -0.1) is 0 Å². The van der Waals surface area contributed by atoms with Crippen molar-refractivity contribution >= 4 is 11.9 Å². The summed E-state index contributed by atoms with van der Waals surface area (Å²) in [5.74, 6) is -8.39. The topological polar surface area (TPSA) is 72.8 Å². The van der Waals surface area contributed by atoms with E-state index in [2.05, 4.69) is 0 Å². The van der Waals surface area contributed by atoms with Crippen LogP contribution in [0.4, 0.5) is 0 Å². The number of hydrogen-bond acceptors (Lipinski definition) is 5. The van der Waals surface area contributed by atoms with Gasteiger partial charge < -0.3 is 14.6 Å². The lowest BCUT2D eigenvalue weighted by molar-refractivity contribution is -0.166. The number of fused-ring (bicyclic) bond motifs is 1. The van der Waals surface area contributed by atoms with Gasteiger partial charge >= 0.3 is 11.9 Å². The standard InChI is InChI=1S/C25H38O5/c1-6-25(4,5)24(28)30-21-12-15(2)11-17-8-7-16(3)20(23(17)21)10-9-19-13-18(26)14-22(27)29-19/h7-8,11,15-16,18-21,23,26H,6,9-10,12-14H2,1-5H3/t15-,16-,18+,19?,20-,21?,23-/m0/s1/i4D3,7D,8D,11D,12D2,15D,16D/t15-,16-,18+,19?,20-,21?,23-,25?. The van der Waals surface area contributed by atoms with Crippen LogP contribution in [0.5, 0.6) is 0 Å². The maximum Gasteiger partial charge on any atom is 0.311 e. The highest BCUT2D eigenvalue weighted by atomic mass is 16.6. The molecule has 5 heteroatoms. The number of allylic oxidation sites excluding steroid dienone is 3. The number of carbonyl (C=O) groups excluding carboxylic acids is 2. The van der Waals surface area contributed by atoms with E-state index in [1.54, 1.807) is 0 Å². The Labute approximate surface area is 194 Å². The molecule has 1 aliphatic heterocycles. The minimum Gasteiger partial charge on any atom is -0.462 e. The third-order valence-electron chi connectivity index (χ3n) is 6.15. The molecular weight excluding hydrogens is 380 g/mol. The number of esters is 2. The van der Waals surface area contributed by atoms with Gasteiger partial charge in [0.15, 0.2) is 0 Å². The van der Waals surface area contributed by atoms with Gasteiger partial charge in [0, 0.05) is 21.9 Å². The fourth-order valence-corrected chi connectivity index (χ4v) is 4.12. The second-order valence-corrected chi connectivity index (χ2v) is 8.67. The molecular formula is C25H38O5. The Morgan fingerprint density at radius 1 is 1.50 bits per heavy atom. The molecule has 1 N–H and O–H groups in total. The first-order valence-electron chi connectivity index (χ1n) is 15.5. The summed E-state index contributed by atoms with van der Waals surface area (Å²) >= 11 is 0. The van der Waals surface area contributed by atoms with Gasteiger partial charge in [-0.3, -0.25) is 9.59 Å². The molecule has 168 valence electrons. The third kappa shape index (κ3) is 5.16. The monoisotopic (exact) mass is 428 g/mol. The van der Waals surface area contributed by atoms with E-state index < -0.39 is 90.7 Å². The van der Waals surface area contributed by atoms with Crippen molar-refractivity contribution in [1.82, 2.24) is 0 Å². The van der Waals surface area contributed by atoms with E-state index in [4.69, 9.17) is 23.2 Å². The molecule has 8 atom stereocenters. The molecule has 1 fully saturated rings. The number of ether oxygens (including phenoxy) is 2. The van der Waals surface area contributed by atoms with Crippen molar-refractivity contribution in [3.8, 4) is 0 Å². The zero-order valence-electron chi connectivity index (χ0n) is 28.0. The maximum absolute atomic E-state index is 13.5. The van der Waals surface area contributed by atoms with Gasteiger partial charge in [0.1, 0.15) is 12.2 Å². The van der Waals surface area contributed by atoms with Gasteiger partial charge in [-0.05, 0) is 62.7 Å². The van der Waals surface area contributed by atoms with Crippen LogP contribution in [-0.2, 0) is 19.1 Å². The number of aliphatic hydroxyl groups is 1. The first-order valence-corrected chi connectivity index (χ1v) is 10.5. The molecule has 0 radical (unpaired) electrons. The summed E-state index contributed by atoms with van der Waals surface area (Å²) in [5, 5.41) is 10.0. The molecule has 0 amide bonds. The van der Waals surface area contributed by atoms with E-state index in [9.17, 15) is 14.7 Å². The number of aliphatic hydroxyl groups excluding tert-OH is 1. The average molecular weight is 429 g/mol. The van der Waals surface area contributed by atoms with Crippen LogP contribution in [0.25, 0.3) is 0 Å². The van der Waals surface area contributed by atoms with E-state index in [1.165, 1.54) is 20.8 Å². The first-order chi connectivity index (χ1) is 18.1. The lowest BCUT2D eigenvalue weighted by atomic mass is 9.65. The van der Waals surface area contributed by atoms with Crippen molar-refractivity contribution in [1.29, 1.82) is 0 Å². The van der Waals surface area contributed by atoms with Crippen molar-refractivity contribution < 1.29 is 37.9 Å². The lowest BCUT2D eigenvalue weighted by Gasteiger charge is -2.44. The Bertz CT molecular complexity index is 1110. The van der Waals surface area contributed by atoms with E-state index in [0.717, 1.165) is 6.92 Å². The first kappa shape index (κ1) is 13.0. The Balaban J connectivity index is 2.17. The zero-order valence-corrected chi connectivity index (χ0v) is 18.0. The Kier molecular flexibility index (Phi) is 4.02. The van der Waals surface area contributed by atoms with Crippen molar-refractivity contribution in [3.05, 3.63) is 23.7 Å². The van der Waals surface area contributed by atoms with E-state index in [-0.39, 0.29) is 37.7 Å². The van der Waals surface area contributed by atoms with Crippen LogP contribution in [0.3, 0.4) is 0 Å². The highest BCUT2D eigenvalue weighted by Gasteiger charge is 2.43. The molecule has 3 unspecified atom stereocenters. The van der Waals surface area contributed by atoms with E-state index in [1.807, 2.05) is 0 Å². The molecule has 0 saturated carbocycles. The van der Waals surface area contributed by atoms with Crippen LogP contribution < -0.4 is 0 Å². The maximum atomic E-state index is 13.5. The number of cyclic esters (lactones) is 1. The van der Waals surface area contributed by atoms with Crippen LogP contribution in [-0.4, -0.2) is 35.4 Å².